The maximum absolute atomic E-state index is 12.3. The van der Waals surface area contributed by atoms with Crippen LogP contribution in [0.4, 0.5) is 0 Å². The number of quaternary nitrogens is 1. The van der Waals surface area contributed by atoms with Gasteiger partial charge in [0.25, 0.3) is 0 Å². The molecule has 0 fully saturated rings. The van der Waals surface area contributed by atoms with Gasteiger partial charge in [-0.05, 0) is 27.7 Å². The van der Waals surface area contributed by atoms with E-state index in [2.05, 4.69) is 0 Å². The van der Waals surface area contributed by atoms with E-state index >= 15 is 0 Å². The monoisotopic (exact) mass is 217 g/mol. The van der Waals surface area contributed by atoms with Gasteiger partial charge in [-0.3, -0.25) is 4.65 Å². The van der Waals surface area contributed by atoms with Gasteiger partial charge in [0.05, 0.1) is 26.3 Å². The Morgan fingerprint density at radius 3 is 1.80 bits per heavy atom. The minimum atomic E-state index is -0.459. The van der Waals surface area contributed by atoms with Gasteiger partial charge in [0, 0.05) is 6.92 Å². The van der Waals surface area contributed by atoms with Crippen molar-refractivity contribution in [1.82, 2.24) is 0 Å². The fraction of sp³-hybridized carbons (Fsp3) is 0.818. The maximum atomic E-state index is 12.3. The Morgan fingerprint density at radius 2 is 1.47 bits per heavy atom. The van der Waals surface area contributed by atoms with Gasteiger partial charge in [-0.25, -0.2) is 0 Å². The van der Waals surface area contributed by atoms with Crippen molar-refractivity contribution in [3.8, 4) is 0 Å². The first-order valence-electron chi connectivity index (χ1n) is 5.60. The average molecular weight is 217 g/mol. The summed E-state index contributed by atoms with van der Waals surface area (Å²) in [5, 5.41) is 12.3. The molecule has 0 aromatic carbocycles. The van der Waals surface area contributed by atoms with Crippen LogP contribution in [0.15, 0.2) is 11.6 Å². The molecule has 0 spiro atoms. The lowest BCUT2D eigenvalue weighted by molar-refractivity contribution is -0.856. The Kier molecular flexibility index (Phi) is 6.36. The van der Waals surface area contributed by atoms with Crippen molar-refractivity contribution >= 4 is 0 Å². The van der Waals surface area contributed by atoms with Gasteiger partial charge in [-0.1, -0.05) is 0 Å². The van der Waals surface area contributed by atoms with E-state index in [1.165, 1.54) is 0 Å². The summed E-state index contributed by atoms with van der Waals surface area (Å²) in [7, 11) is 0. The largest absolute Gasteiger partial charge is 0.625 e. The van der Waals surface area contributed by atoms with E-state index < -0.39 is 4.65 Å². The maximum Gasteiger partial charge on any atom is 0.330 e. The molecule has 0 N–H and O–H groups in total. The van der Waals surface area contributed by atoms with Crippen LogP contribution in [0.5, 0.6) is 0 Å². The summed E-state index contributed by atoms with van der Waals surface area (Å²) in [6.07, 6.45) is 0. The highest BCUT2D eigenvalue weighted by Crippen LogP contribution is 2.21. The lowest BCUT2D eigenvalue weighted by Crippen LogP contribution is -2.42. The number of hydroxylamine groups is 3. The summed E-state index contributed by atoms with van der Waals surface area (Å²) in [5.74, 6) is 1.00. The molecule has 0 heterocycles. The number of hydrogen-bond donors (Lipinski definition) is 0. The van der Waals surface area contributed by atoms with Crippen LogP contribution < -0.4 is 0 Å². The van der Waals surface area contributed by atoms with Gasteiger partial charge in [-0.15, -0.1) is 0 Å². The van der Waals surface area contributed by atoms with E-state index in [1.807, 2.05) is 27.7 Å². The average Bonchev–Trinajstić information content (AvgIpc) is 2.25. The van der Waals surface area contributed by atoms with Gasteiger partial charge in [-0.2, -0.15) is 0 Å². The van der Waals surface area contributed by atoms with Gasteiger partial charge in [0.2, 0.25) is 0 Å². The van der Waals surface area contributed by atoms with Gasteiger partial charge in [0.1, 0.15) is 0 Å². The predicted molar refractivity (Wildman–Crippen MR) is 60.7 cm³/mol. The predicted octanol–water partition coefficient (Wildman–Crippen LogP) is 2.60. The Labute approximate surface area is 92.6 Å². The highest BCUT2D eigenvalue weighted by Gasteiger charge is 2.24. The number of ether oxygens (including phenoxy) is 2. The Balaban J connectivity index is 5.00. The first-order valence-corrected chi connectivity index (χ1v) is 5.60. The molecule has 4 nitrogen and oxygen atoms in total. The smallest absolute Gasteiger partial charge is 0.330 e. The molecule has 15 heavy (non-hydrogen) atoms. The van der Waals surface area contributed by atoms with E-state index in [1.54, 1.807) is 6.92 Å². The zero-order chi connectivity index (χ0) is 11.9. The first kappa shape index (κ1) is 14.3. The molecule has 0 aliphatic rings. The fourth-order valence-electron chi connectivity index (χ4n) is 1.43. The molecule has 0 aromatic rings. The normalized spacial score (nSPS) is 13.5. The topological polar surface area (TPSA) is 41.5 Å². The quantitative estimate of drug-likeness (QED) is 0.374. The van der Waals surface area contributed by atoms with Crippen LogP contribution in [-0.2, 0) is 9.47 Å². The van der Waals surface area contributed by atoms with Gasteiger partial charge in [0.15, 0.2) is 5.76 Å². The summed E-state index contributed by atoms with van der Waals surface area (Å²) in [6.45, 7) is 11.2. The molecule has 0 saturated carbocycles. The van der Waals surface area contributed by atoms with Crippen molar-refractivity contribution in [2.75, 3.05) is 26.3 Å². The number of rotatable bonds is 7. The second-order valence-electron chi connectivity index (χ2n) is 3.25. The minimum Gasteiger partial charge on any atom is -0.625 e. The molecule has 0 saturated heterocycles. The molecule has 0 aromatic heterocycles. The molecule has 0 unspecified atom stereocenters. The van der Waals surface area contributed by atoms with E-state index in [0.29, 0.717) is 37.9 Å². The van der Waals surface area contributed by atoms with E-state index in [0.717, 1.165) is 0 Å². The Hall–Kier alpha value is -0.740. The third-order valence-electron chi connectivity index (χ3n) is 2.33. The van der Waals surface area contributed by atoms with Crippen molar-refractivity contribution in [1.29, 1.82) is 0 Å². The molecule has 0 amide bonds. The number of hydrogen-bond acceptors (Lipinski definition) is 3. The second-order valence-corrected chi connectivity index (χ2v) is 3.25. The molecule has 90 valence electrons. The van der Waals surface area contributed by atoms with Crippen LogP contribution in [0.1, 0.15) is 34.6 Å². The van der Waals surface area contributed by atoms with Crippen molar-refractivity contribution in [3.63, 3.8) is 0 Å². The summed E-state index contributed by atoms with van der Waals surface area (Å²) < 4.78 is 10.3. The standard InChI is InChI=1S/C11H23NO3/c1-6-12(13,7-2)11(15-9-4)10(5)14-8-3/h6-9H2,1-5H3. The summed E-state index contributed by atoms with van der Waals surface area (Å²) in [6, 6.07) is 0. The van der Waals surface area contributed by atoms with Crippen LogP contribution in [0.2, 0.25) is 0 Å². The van der Waals surface area contributed by atoms with E-state index in [-0.39, 0.29) is 0 Å². The highest BCUT2D eigenvalue weighted by atomic mass is 16.6. The van der Waals surface area contributed by atoms with Crippen LogP contribution >= 0.6 is 0 Å². The Morgan fingerprint density at radius 1 is 1.00 bits per heavy atom. The van der Waals surface area contributed by atoms with E-state index in [9.17, 15) is 5.21 Å². The van der Waals surface area contributed by atoms with Crippen molar-refractivity contribution in [2.24, 2.45) is 0 Å². The highest BCUT2D eigenvalue weighted by molar-refractivity contribution is 4.92. The molecule has 4 heteroatoms. The molecule has 0 rings (SSSR count). The molecule has 0 aliphatic heterocycles. The molecule has 0 bridgehead atoms. The minimum absolute atomic E-state index is 0.407. The Bertz CT molecular complexity index is 210. The van der Waals surface area contributed by atoms with Gasteiger partial charge < -0.3 is 14.7 Å². The summed E-state index contributed by atoms with van der Waals surface area (Å²) >= 11 is 0. The van der Waals surface area contributed by atoms with E-state index in [4.69, 9.17) is 9.47 Å². The first-order chi connectivity index (χ1) is 7.05. The van der Waals surface area contributed by atoms with Crippen LogP contribution in [0.3, 0.4) is 0 Å². The third kappa shape index (κ3) is 3.72. The number of allylic oxidation sites excluding steroid dienone is 1. The van der Waals surface area contributed by atoms with Gasteiger partial charge >= 0.3 is 5.88 Å². The summed E-state index contributed by atoms with van der Waals surface area (Å²) in [5.41, 5.74) is 0. The molecule has 0 radical (unpaired) electrons. The SMILES string of the molecule is CCOC(C)=C(OCC)[N+]([O-])(CC)CC. The lowest BCUT2D eigenvalue weighted by Gasteiger charge is -2.40. The zero-order valence-electron chi connectivity index (χ0n) is 10.5. The summed E-state index contributed by atoms with van der Waals surface area (Å²) in [4.78, 5) is 0. The number of nitrogens with zero attached hydrogens (tertiary/aromatic N) is 1. The molecular weight excluding hydrogens is 194 g/mol. The second kappa shape index (κ2) is 6.69. The molecular formula is C11H23NO3. The van der Waals surface area contributed by atoms with Crippen LogP contribution in [-0.4, -0.2) is 30.9 Å². The van der Waals surface area contributed by atoms with Crippen LogP contribution in [0, 0.1) is 5.21 Å². The zero-order valence-corrected chi connectivity index (χ0v) is 10.5. The van der Waals surface area contributed by atoms with Crippen molar-refractivity contribution in [3.05, 3.63) is 16.8 Å². The van der Waals surface area contributed by atoms with Crippen molar-refractivity contribution in [2.45, 2.75) is 34.6 Å². The van der Waals surface area contributed by atoms with Crippen LogP contribution in [0.25, 0.3) is 0 Å². The fourth-order valence-corrected chi connectivity index (χ4v) is 1.43. The lowest BCUT2D eigenvalue weighted by atomic mass is 10.4. The molecule has 0 atom stereocenters. The third-order valence-corrected chi connectivity index (χ3v) is 2.33. The van der Waals surface area contributed by atoms with Crippen molar-refractivity contribution < 1.29 is 14.1 Å². The molecule has 0 aliphatic carbocycles.